The van der Waals surface area contributed by atoms with Crippen molar-refractivity contribution < 1.29 is 9.47 Å². The summed E-state index contributed by atoms with van der Waals surface area (Å²) in [5.41, 5.74) is 3.16. The van der Waals surface area contributed by atoms with Crippen LogP contribution in [-0.4, -0.2) is 71.2 Å². The number of ether oxygens (including phenoxy) is 2. The topological polar surface area (TPSA) is 76.5 Å². The van der Waals surface area contributed by atoms with Crippen LogP contribution in [0.1, 0.15) is 46.3 Å². The summed E-state index contributed by atoms with van der Waals surface area (Å²) in [7, 11) is 0. The highest BCUT2D eigenvalue weighted by Gasteiger charge is 2.22. The molecule has 8 nitrogen and oxygen atoms in total. The summed E-state index contributed by atoms with van der Waals surface area (Å²) in [6, 6.07) is 6.43. The maximum absolute atomic E-state index is 6.02. The first kappa shape index (κ1) is 23.5. The molecule has 0 spiro atoms. The van der Waals surface area contributed by atoms with Crippen LogP contribution in [0.5, 0.6) is 0 Å². The van der Waals surface area contributed by atoms with Crippen LogP contribution in [0.4, 0.5) is 11.5 Å². The van der Waals surface area contributed by atoms with Crippen LogP contribution in [0.15, 0.2) is 24.4 Å². The highest BCUT2D eigenvalue weighted by molar-refractivity contribution is 7.22. The van der Waals surface area contributed by atoms with Crippen molar-refractivity contribution in [2.75, 3.05) is 56.6 Å². The molecule has 2 aliphatic rings. The van der Waals surface area contributed by atoms with Gasteiger partial charge in [-0.3, -0.25) is 4.90 Å². The summed E-state index contributed by atoms with van der Waals surface area (Å²) >= 11 is 1.77. The average molecular weight is 485 g/mol. The normalized spacial score (nSPS) is 20.0. The predicted octanol–water partition coefficient (Wildman–Crippen LogP) is 4.81. The van der Waals surface area contributed by atoms with Crippen LogP contribution in [0.3, 0.4) is 0 Å². The number of morpholine rings is 1. The molecule has 0 bridgehead atoms. The van der Waals surface area contributed by atoms with E-state index in [-0.39, 0.29) is 11.8 Å². The number of hydrogen-bond donors (Lipinski definition) is 2. The molecule has 1 atom stereocenters. The van der Waals surface area contributed by atoms with Gasteiger partial charge in [-0.1, -0.05) is 0 Å². The van der Waals surface area contributed by atoms with Crippen molar-refractivity contribution in [2.24, 2.45) is 0 Å². The van der Waals surface area contributed by atoms with Crippen molar-refractivity contribution in [2.45, 2.75) is 51.8 Å². The number of thiophene rings is 1. The lowest BCUT2D eigenvalue weighted by atomic mass is 10.1. The molecule has 0 radical (unpaired) electrons. The summed E-state index contributed by atoms with van der Waals surface area (Å²) in [5.74, 6) is 0.891. The lowest BCUT2D eigenvalue weighted by Gasteiger charge is -2.26. The monoisotopic (exact) mass is 484 g/mol. The molecule has 2 N–H and O–H groups in total. The van der Waals surface area contributed by atoms with E-state index in [0.29, 0.717) is 0 Å². The molecule has 1 unspecified atom stereocenters. The molecular weight excluding hydrogens is 448 g/mol. The Morgan fingerprint density at radius 1 is 1.15 bits per heavy atom. The molecule has 3 aromatic rings. The van der Waals surface area contributed by atoms with Gasteiger partial charge in [0.25, 0.3) is 0 Å². The fourth-order valence-corrected chi connectivity index (χ4v) is 5.66. The van der Waals surface area contributed by atoms with E-state index in [9.17, 15) is 0 Å². The Hall–Kier alpha value is -2.20. The summed E-state index contributed by atoms with van der Waals surface area (Å²) in [5, 5.41) is 11.9. The Balaban J connectivity index is 1.43. The van der Waals surface area contributed by atoms with Gasteiger partial charge in [-0.15, -0.1) is 11.3 Å². The van der Waals surface area contributed by atoms with Gasteiger partial charge < -0.3 is 20.1 Å². The molecule has 0 aliphatic carbocycles. The van der Waals surface area contributed by atoms with E-state index in [2.05, 4.69) is 59.6 Å². The van der Waals surface area contributed by atoms with Crippen LogP contribution in [0, 0.1) is 0 Å². The van der Waals surface area contributed by atoms with E-state index in [0.717, 1.165) is 81.6 Å². The lowest BCUT2D eigenvalue weighted by molar-refractivity contribution is -0.0383. The number of nitrogens with zero attached hydrogens (tertiary/aromatic N) is 4. The number of rotatable bonds is 7. The minimum Gasteiger partial charge on any atom is -0.382 e. The summed E-state index contributed by atoms with van der Waals surface area (Å²) < 4.78 is 14.7. The van der Waals surface area contributed by atoms with E-state index in [1.165, 1.54) is 16.0 Å². The Kier molecular flexibility index (Phi) is 7.06. The lowest BCUT2D eigenvalue weighted by Crippen LogP contribution is -2.39. The molecule has 2 saturated heterocycles. The van der Waals surface area contributed by atoms with Crippen LogP contribution >= 0.6 is 11.3 Å². The molecule has 0 saturated carbocycles. The SMILES string of the molecule is CC(C)(C)Nc1cc(NCCN2CCOCC2)c2sc(-c3ccnn3C3CCCCO3)cc2n1. The van der Waals surface area contributed by atoms with Crippen molar-refractivity contribution in [1.29, 1.82) is 0 Å². The molecule has 9 heteroatoms. The number of fused-ring (bicyclic) bond motifs is 1. The molecule has 3 aromatic heterocycles. The fraction of sp³-hybridized carbons (Fsp3) is 0.600. The van der Waals surface area contributed by atoms with E-state index in [1.807, 2.05) is 10.9 Å². The smallest absolute Gasteiger partial charge is 0.150 e. The second-order valence-electron chi connectivity index (χ2n) is 10.1. The maximum atomic E-state index is 6.02. The Morgan fingerprint density at radius 2 is 2.00 bits per heavy atom. The van der Waals surface area contributed by atoms with Gasteiger partial charge in [0.1, 0.15) is 5.82 Å². The van der Waals surface area contributed by atoms with E-state index < -0.39 is 0 Å². The van der Waals surface area contributed by atoms with Crippen LogP contribution < -0.4 is 10.6 Å². The van der Waals surface area contributed by atoms with Crippen molar-refractivity contribution in [3.63, 3.8) is 0 Å². The fourth-order valence-electron chi connectivity index (χ4n) is 4.56. The summed E-state index contributed by atoms with van der Waals surface area (Å²) in [4.78, 5) is 8.58. The van der Waals surface area contributed by atoms with Crippen LogP contribution in [0.2, 0.25) is 0 Å². The Labute approximate surface area is 205 Å². The van der Waals surface area contributed by atoms with Crippen molar-refractivity contribution in [3.8, 4) is 10.6 Å². The summed E-state index contributed by atoms with van der Waals surface area (Å²) in [6.07, 6.45) is 5.20. The van der Waals surface area contributed by atoms with Crippen LogP contribution in [-0.2, 0) is 9.47 Å². The molecule has 5 rings (SSSR count). The second kappa shape index (κ2) is 10.2. The third-order valence-corrected chi connectivity index (χ3v) is 7.36. The zero-order valence-electron chi connectivity index (χ0n) is 20.5. The van der Waals surface area contributed by atoms with Crippen molar-refractivity contribution in [3.05, 3.63) is 24.4 Å². The second-order valence-corrected chi connectivity index (χ2v) is 11.2. The number of aromatic nitrogens is 3. The number of anilines is 2. The standard InChI is InChI=1S/C25H36N6O2S/c1-25(2,3)29-22-17-18(26-9-10-30-11-14-32-15-12-30)24-19(28-22)16-21(34-24)20-7-8-27-31(20)23-6-4-5-13-33-23/h7-8,16-17,23H,4-6,9-15H2,1-3H3,(H2,26,28,29). The van der Waals surface area contributed by atoms with E-state index in [1.54, 1.807) is 11.3 Å². The molecule has 184 valence electrons. The average Bonchev–Trinajstić information content (AvgIpc) is 3.46. The molecule has 5 heterocycles. The number of pyridine rings is 1. The highest BCUT2D eigenvalue weighted by Crippen LogP contribution is 2.39. The van der Waals surface area contributed by atoms with E-state index >= 15 is 0 Å². The summed E-state index contributed by atoms with van der Waals surface area (Å²) in [6.45, 7) is 12.8. The molecule has 0 aromatic carbocycles. The minimum absolute atomic E-state index is 0.0150. The van der Waals surface area contributed by atoms with Gasteiger partial charge in [0, 0.05) is 50.6 Å². The van der Waals surface area contributed by atoms with Gasteiger partial charge in [-0.05, 0) is 52.2 Å². The third kappa shape index (κ3) is 5.54. The number of nitrogens with one attached hydrogen (secondary N) is 2. The molecule has 2 aliphatic heterocycles. The Bertz CT molecular complexity index is 1090. The first-order valence-electron chi connectivity index (χ1n) is 12.4. The Morgan fingerprint density at radius 3 is 2.76 bits per heavy atom. The zero-order valence-corrected chi connectivity index (χ0v) is 21.3. The third-order valence-electron chi connectivity index (χ3n) is 6.18. The highest BCUT2D eigenvalue weighted by atomic mass is 32.1. The quantitative estimate of drug-likeness (QED) is 0.498. The predicted molar refractivity (Wildman–Crippen MR) is 139 cm³/mol. The minimum atomic E-state index is -0.0679. The first-order chi connectivity index (χ1) is 16.5. The van der Waals surface area contributed by atoms with Gasteiger partial charge in [-0.25, -0.2) is 9.67 Å². The first-order valence-corrected chi connectivity index (χ1v) is 13.2. The van der Waals surface area contributed by atoms with E-state index in [4.69, 9.17) is 14.5 Å². The molecular formula is C25H36N6O2S. The molecule has 2 fully saturated rings. The zero-order chi connectivity index (χ0) is 23.5. The van der Waals surface area contributed by atoms with Crippen molar-refractivity contribution in [1.82, 2.24) is 19.7 Å². The maximum Gasteiger partial charge on any atom is 0.150 e. The molecule has 34 heavy (non-hydrogen) atoms. The van der Waals surface area contributed by atoms with Crippen molar-refractivity contribution >= 4 is 33.1 Å². The van der Waals surface area contributed by atoms with Gasteiger partial charge in [0.15, 0.2) is 6.23 Å². The number of hydrogen-bond acceptors (Lipinski definition) is 8. The van der Waals surface area contributed by atoms with Gasteiger partial charge in [0.05, 0.1) is 39.7 Å². The van der Waals surface area contributed by atoms with Gasteiger partial charge >= 0.3 is 0 Å². The largest absolute Gasteiger partial charge is 0.382 e. The molecule has 0 amide bonds. The van der Waals surface area contributed by atoms with Gasteiger partial charge in [-0.2, -0.15) is 5.10 Å². The van der Waals surface area contributed by atoms with Crippen LogP contribution in [0.25, 0.3) is 20.8 Å². The van der Waals surface area contributed by atoms with Gasteiger partial charge in [0.2, 0.25) is 0 Å².